The molecule has 1 rings (SSSR count). The maximum absolute atomic E-state index is 11.1. The Morgan fingerprint density at radius 3 is 2.55 bits per heavy atom. The normalized spacial score (nSPS) is 12.0. The van der Waals surface area contributed by atoms with Gasteiger partial charge in [0.25, 0.3) is 5.69 Å². The lowest BCUT2D eigenvalue weighted by atomic mass is 10.0. The Kier molecular flexibility index (Phi) is 5.07. The van der Waals surface area contributed by atoms with E-state index in [-0.39, 0.29) is 11.3 Å². The molecular weight excluding hydrogens is 260 g/mol. The van der Waals surface area contributed by atoms with Gasteiger partial charge < -0.3 is 10.0 Å². The molecule has 1 unspecified atom stereocenters. The van der Waals surface area contributed by atoms with Gasteiger partial charge >= 0.3 is 5.97 Å². The van der Waals surface area contributed by atoms with Crippen LogP contribution in [-0.2, 0) is 0 Å². The summed E-state index contributed by atoms with van der Waals surface area (Å²) in [6, 6.07) is 2.60. The number of carbonyl (C=O) groups is 1. The van der Waals surface area contributed by atoms with Gasteiger partial charge in [0.15, 0.2) is 0 Å². The maximum atomic E-state index is 11.1. The van der Waals surface area contributed by atoms with Crippen molar-refractivity contribution in [2.24, 2.45) is 5.92 Å². The number of hydrogen-bond donors (Lipinski definition) is 1. The van der Waals surface area contributed by atoms with Crippen molar-refractivity contribution in [2.45, 2.75) is 27.2 Å². The van der Waals surface area contributed by atoms with Crippen LogP contribution in [0.15, 0.2) is 12.1 Å². The lowest BCUT2D eigenvalue weighted by Crippen LogP contribution is -2.25. The van der Waals surface area contributed by atoms with E-state index in [0.717, 1.165) is 19.0 Å². The summed E-state index contributed by atoms with van der Waals surface area (Å²) in [6.45, 7) is 6.52. The van der Waals surface area contributed by atoms with E-state index in [2.05, 4.69) is 13.8 Å². The molecule has 0 saturated heterocycles. The molecule has 0 aliphatic rings. The summed E-state index contributed by atoms with van der Waals surface area (Å²) in [5, 5.41) is 20.1. The molecule has 6 nitrogen and oxygen atoms in total. The zero-order valence-electron chi connectivity index (χ0n) is 12.2. The van der Waals surface area contributed by atoms with E-state index in [1.807, 2.05) is 11.9 Å². The average Bonchev–Trinajstić information content (AvgIpc) is 2.37. The molecule has 0 spiro atoms. The van der Waals surface area contributed by atoms with Crippen LogP contribution in [0.3, 0.4) is 0 Å². The van der Waals surface area contributed by atoms with Gasteiger partial charge in [-0.15, -0.1) is 0 Å². The highest BCUT2D eigenvalue weighted by Crippen LogP contribution is 2.30. The first-order valence-corrected chi connectivity index (χ1v) is 6.51. The zero-order valence-corrected chi connectivity index (χ0v) is 12.2. The van der Waals surface area contributed by atoms with Crippen LogP contribution < -0.4 is 4.90 Å². The molecule has 0 saturated carbocycles. The minimum atomic E-state index is -1.16. The maximum Gasteiger partial charge on any atom is 0.336 e. The van der Waals surface area contributed by atoms with Crippen LogP contribution in [0.4, 0.5) is 11.4 Å². The van der Waals surface area contributed by atoms with Gasteiger partial charge in [-0.3, -0.25) is 10.1 Å². The molecule has 1 atom stereocenters. The highest BCUT2D eigenvalue weighted by Gasteiger charge is 2.21. The van der Waals surface area contributed by atoms with Crippen LogP contribution in [0.5, 0.6) is 0 Å². The Balaban J connectivity index is 3.30. The quantitative estimate of drug-likeness (QED) is 0.639. The molecule has 0 radical (unpaired) electrons. The molecule has 0 amide bonds. The second kappa shape index (κ2) is 6.36. The van der Waals surface area contributed by atoms with E-state index in [1.54, 1.807) is 6.92 Å². The summed E-state index contributed by atoms with van der Waals surface area (Å²) < 4.78 is 0. The van der Waals surface area contributed by atoms with E-state index in [1.165, 1.54) is 6.07 Å². The van der Waals surface area contributed by atoms with Crippen LogP contribution in [0.1, 0.15) is 36.2 Å². The smallest absolute Gasteiger partial charge is 0.336 e. The minimum Gasteiger partial charge on any atom is -0.478 e. The second-order valence-corrected chi connectivity index (χ2v) is 5.10. The molecule has 0 bridgehead atoms. The van der Waals surface area contributed by atoms with Gasteiger partial charge in [-0.25, -0.2) is 4.79 Å². The van der Waals surface area contributed by atoms with Crippen molar-refractivity contribution >= 4 is 17.3 Å². The summed E-state index contributed by atoms with van der Waals surface area (Å²) in [6.07, 6.45) is 0.990. The Morgan fingerprint density at radius 2 is 2.10 bits per heavy atom. The van der Waals surface area contributed by atoms with Crippen LogP contribution in [-0.4, -0.2) is 29.6 Å². The number of hydrogen-bond acceptors (Lipinski definition) is 4. The first-order chi connectivity index (χ1) is 9.27. The van der Waals surface area contributed by atoms with Crippen LogP contribution >= 0.6 is 0 Å². The Bertz CT molecular complexity index is 528. The van der Waals surface area contributed by atoms with Gasteiger partial charge in [0, 0.05) is 25.3 Å². The number of anilines is 1. The second-order valence-electron chi connectivity index (χ2n) is 5.10. The SMILES string of the molecule is CCC(C)CN(C)c1cc(C(=O)O)cc([N+](=O)[O-])c1C. The van der Waals surface area contributed by atoms with E-state index in [0.29, 0.717) is 17.2 Å². The largest absolute Gasteiger partial charge is 0.478 e. The summed E-state index contributed by atoms with van der Waals surface area (Å²) in [4.78, 5) is 23.5. The van der Waals surface area contributed by atoms with Gasteiger partial charge in [-0.1, -0.05) is 20.3 Å². The van der Waals surface area contributed by atoms with Crippen molar-refractivity contribution in [3.05, 3.63) is 33.4 Å². The standard InChI is InChI=1S/C14H20N2O4/c1-5-9(2)8-15(4)12-6-11(14(17)18)7-13(10(12)3)16(19)20/h6-7,9H,5,8H2,1-4H3,(H,17,18). The first kappa shape index (κ1) is 15.9. The fourth-order valence-corrected chi connectivity index (χ4v) is 2.09. The van der Waals surface area contributed by atoms with Crippen molar-refractivity contribution in [1.82, 2.24) is 0 Å². The number of rotatable bonds is 6. The third kappa shape index (κ3) is 3.46. The monoisotopic (exact) mass is 280 g/mol. The molecule has 6 heteroatoms. The number of aromatic carboxylic acids is 1. The van der Waals surface area contributed by atoms with Gasteiger partial charge in [-0.2, -0.15) is 0 Å². The van der Waals surface area contributed by atoms with Gasteiger partial charge in [0.1, 0.15) is 0 Å². The number of nitrogens with zero attached hydrogens (tertiary/aromatic N) is 2. The lowest BCUT2D eigenvalue weighted by molar-refractivity contribution is -0.385. The van der Waals surface area contributed by atoms with Gasteiger partial charge in [-0.05, 0) is 18.9 Å². The summed E-state index contributed by atoms with van der Waals surface area (Å²) in [7, 11) is 1.82. The number of carboxylic acid groups (broad SMARTS) is 1. The van der Waals surface area contributed by atoms with E-state index in [4.69, 9.17) is 5.11 Å². The highest BCUT2D eigenvalue weighted by molar-refractivity contribution is 5.90. The Morgan fingerprint density at radius 1 is 1.50 bits per heavy atom. The van der Waals surface area contributed by atoms with Crippen LogP contribution in [0.25, 0.3) is 0 Å². The molecule has 20 heavy (non-hydrogen) atoms. The fraction of sp³-hybridized carbons (Fsp3) is 0.500. The van der Waals surface area contributed by atoms with Crippen LogP contribution in [0.2, 0.25) is 0 Å². The average molecular weight is 280 g/mol. The molecule has 0 fully saturated rings. The van der Waals surface area contributed by atoms with Crippen LogP contribution in [0, 0.1) is 23.0 Å². The molecule has 0 aromatic heterocycles. The van der Waals surface area contributed by atoms with E-state index < -0.39 is 10.9 Å². The summed E-state index contributed by atoms with van der Waals surface area (Å²) in [5.74, 6) is -0.738. The third-order valence-electron chi connectivity index (χ3n) is 3.49. The number of carboxylic acids is 1. The molecule has 0 aliphatic carbocycles. The molecule has 110 valence electrons. The topological polar surface area (TPSA) is 83.7 Å². The van der Waals surface area contributed by atoms with Crippen molar-refractivity contribution in [3.63, 3.8) is 0 Å². The molecule has 0 aliphatic heterocycles. The highest BCUT2D eigenvalue weighted by atomic mass is 16.6. The first-order valence-electron chi connectivity index (χ1n) is 6.51. The minimum absolute atomic E-state index is 0.0618. The Hall–Kier alpha value is -2.11. The Labute approximate surface area is 118 Å². The van der Waals surface area contributed by atoms with Gasteiger partial charge in [0.05, 0.1) is 16.1 Å². The van der Waals surface area contributed by atoms with Crippen molar-refractivity contribution in [2.75, 3.05) is 18.5 Å². The van der Waals surface area contributed by atoms with Crippen molar-refractivity contribution < 1.29 is 14.8 Å². The van der Waals surface area contributed by atoms with Gasteiger partial charge in [0.2, 0.25) is 0 Å². The van der Waals surface area contributed by atoms with Crippen molar-refractivity contribution in [3.8, 4) is 0 Å². The third-order valence-corrected chi connectivity index (χ3v) is 3.49. The van der Waals surface area contributed by atoms with E-state index >= 15 is 0 Å². The lowest BCUT2D eigenvalue weighted by Gasteiger charge is -2.24. The fourth-order valence-electron chi connectivity index (χ4n) is 2.09. The molecule has 0 heterocycles. The van der Waals surface area contributed by atoms with E-state index in [9.17, 15) is 14.9 Å². The molecule has 1 aromatic carbocycles. The zero-order chi connectivity index (χ0) is 15.4. The molecular formula is C14H20N2O4. The molecule has 1 N–H and O–H groups in total. The predicted octanol–water partition coefficient (Wildman–Crippen LogP) is 3.08. The number of nitro groups is 1. The predicted molar refractivity (Wildman–Crippen MR) is 77.5 cm³/mol. The summed E-state index contributed by atoms with van der Waals surface area (Å²) >= 11 is 0. The van der Waals surface area contributed by atoms with Crippen molar-refractivity contribution in [1.29, 1.82) is 0 Å². The number of benzene rings is 1. The number of nitro benzene ring substituents is 1. The molecule has 1 aromatic rings. The summed E-state index contributed by atoms with van der Waals surface area (Å²) in [5.41, 5.74) is 0.868.